The molecule has 0 saturated carbocycles. The molecule has 0 fully saturated rings. The Morgan fingerprint density at radius 1 is 0.439 bits per heavy atom. The summed E-state index contributed by atoms with van der Waals surface area (Å²) in [5.74, 6) is 0. The van der Waals surface area contributed by atoms with Crippen LogP contribution in [0.2, 0.25) is 0 Å². The first-order valence-electron chi connectivity index (χ1n) is 13.5. The Kier molecular flexibility index (Phi) is 8.43. The van der Waals surface area contributed by atoms with E-state index in [2.05, 4.69) is 131 Å². The van der Waals surface area contributed by atoms with Gasteiger partial charge in [-0.2, -0.15) is 0 Å². The number of benzene rings is 6. The van der Waals surface area contributed by atoms with Gasteiger partial charge in [0.25, 0.3) is 0 Å². The van der Waals surface area contributed by atoms with Crippen molar-refractivity contribution >= 4 is 84.6 Å². The molecule has 0 spiro atoms. The highest BCUT2D eigenvalue weighted by molar-refractivity contribution is 9.10. The van der Waals surface area contributed by atoms with Gasteiger partial charge in [0.1, 0.15) is 0 Å². The SMILES string of the molecule is Brc1ccc2sc3ccccc3c2c1.Nc1ccccc1.c1ccc(Cc2ccc3sc4ccccc4c3c2)cc1. The molecule has 0 aliphatic rings. The van der Waals surface area contributed by atoms with Crippen LogP contribution in [0, 0.1) is 0 Å². The lowest BCUT2D eigenvalue weighted by molar-refractivity contribution is 1.20. The third kappa shape index (κ3) is 6.52. The second-order valence-electron chi connectivity index (χ2n) is 9.74. The molecule has 0 saturated heterocycles. The number of nitrogen functional groups attached to an aromatic ring is 1. The van der Waals surface area contributed by atoms with Crippen molar-refractivity contribution in [3.63, 3.8) is 0 Å². The molecule has 1 nitrogen and oxygen atoms in total. The lowest BCUT2D eigenvalue weighted by Gasteiger charge is -2.02. The Balaban J connectivity index is 0.000000124. The van der Waals surface area contributed by atoms with E-state index in [9.17, 15) is 0 Å². The van der Waals surface area contributed by atoms with Crippen molar-refractivity contribution in [3.05, 3.63) is 161 Å². The number of hydrogen-bond acceptors (Lipinski definition) is 3. The fourth-order valence-electron chi connectivity index (χ4n) is 4.87. The molecule has 2 N–H and O–H groups in total. The Morgan fingerprint density at radius 2 is 0.927 bits per heavy atom. The van der Waals surface area contributed by atoms with Crippen molar-refractivity contribution in [1.82, 2.24) is 0 Å². The third-order valence-corrected chi connectivity index (χ3v) is 9.63. The summed E-state index contributed by atoms with van der Waals surface area (Å²) in [6.45, 7) is 0. The number of nitrogens with two attached hydrogens (primary N) is 1. The van der Waals surface area contributed by atoms with Crippen LogP contribution in [0.15, 0.2) is 150 Å². The zero-order valence-corrected chi connectivity index (χ0v) is 25.6. The van der Waals surface area contributed by atoms with Crippen LogP contribution in [0.3, 0.4) is 0 Å². The van der Waals surface area contributed by atoms with Gasteiger partial charge in [0, 0.05) is 50.5 Å². The fraction of sp³-hybridized carbons (Fsp3) is 0.0270. The van der Waals surface area contributed by atoms with Crippen LogP contribution in [0.25, 0.3) is 40.3 Å². The minimum atomic E-state index is 0.822. The van der Waals surface area contributed by atoms with E-state index in [0.29, 0.717) is 0 Å². The van der Waals surface area contributed by atoms with Gasteiger partial charge in [0.05, 0.1) is 0 Å². The molecule has 8 rings (SSSR count). The van der Waals surface area contributed by atoms with Gasteiger partial charge in [0.15, 0.2) is 0 Å². The average molecular weight is 631 g/mol. The van der Waals surface area contributed by atoms with E-state index in [1.165, 1.54) is 51.5 Å². The van der Waals surface area contributed by atoms with E-state index in [0.717, 1.165) is 16.6 Å². The van der Waals surface area contributed by atoms with Crippen molar-refractivity contribution in [2.24, 2.45) is 0 Å². The van der Waals surface area contributed by atoms with Gasteiger partial charge >= 0.3 is 0 Å². The molecule has 0 amide bonds. The zero-order chi connectivity index (χ0) is 28.0. The second kappa shape index (κ2) is 12.7. The van der Waals surface area contributed by atoms with E-state index >= 15 is 0 Å². The Bertz CT molecular complexity index is 2040. The first-order valence-corrected chi connectivity index (χ1v) is 15.9. The number of anilines is 1. The predicted molar refractivity (Wildman–Crippen MR) is 186 cm³/mol. The monoisotopic (exact) mass is 629 g/mol. The quantitative estimate of drug-likeness (QED) is 0.189. The van der Waals surface area contributed by atoms with Crippen molar-refractivity contribution < 1.29 is 0 Å². The zero-order valence-electron chi connectivity index (χ0n) is 22.3. The summed E-state index contributed by atoms with van der Waals surface area (Å²) in [5.41, 5.74) is 8.93. The number of halogens is 1. The van der Waals surface area contributed by atoms with Gasteiger partial charge in [-0.3, -0.25) is 0 Å². The van der Waals surface area contributed by atoms with Gasteiger partial charge in [-0.05, 0) is 72.1 Å². The smallest absolute Gasteiger partial charge is 0.0356 e. The molecule has 6 aromatic carbocycles. The van der Waals surface area contributed by atoms with Crippen LogP contribution in [0.5, 0.6) is 0 Å². The van der Waals surface area contributed by atoms with Gasteiger partial charge in [-0.25, -0.2) is 0 Å². The summed E-state index contributed by atoms with van der Waals surface area (Å²) >= 11 is 7.23. The summed E-state index contributed by atoms with van der Waals surface area (Å²) in [5, 5.41) is 5.47. The van der Waals surface area contributed by atoms with E-state index in [-0.39, 0.29) is 0 Å². The summed E-state index contributed by atoms with van der Waals surface area (Å²) < 4.78 is 6.62. The summed E-state index contributed by atoms with van der Waals surface area (Å²) in [6, 6.07) is 50.7. The Hall–Kier alpha value is -3.96. The molecule has 0 unspecified atom stereocenters. The average Bonchev–Trinajstić information content (AvgIpc) is 3.57. The molecule has 200 valence electrons. The number of para-hydroxylation sites is 1. The largest absolute Gasteiger partial charge is 0.399 e. The molecule has 0 aliphatic carbocycles. The molecule has 0 aliphatic heterocycles. The van der Waals surface area contributed by atoms with Crippen LogP contribution in [-0.4, -0.2) is 0 Å². The summed E-state index contributed by atoms with van der Waals surface area (Å²) in [6.07, 6.45) is 1.00. The minimum absolute atomic E-state index is 0.822. The van der Waals surface area contributed by atoms with Crippen LogP contribution in [-0.2, 0) is 6.42 Å². The highest BCUT2D eigenvalue weighted by atomic mass is 79.9. The number of hydrogen-bond donors (Lipinski definition) is 1. The van der Waals surface area contributed by atoms with Crippen LogP contribution in [0.1, 0.15) is 11.1 Å². The molecular weight excluding hydrogens is 602 g/mol. The van der Waals surface area contributed by atoms with Crippen molar-refractivity contribution in [1.29, 1.82) is 0 Å². The van der Waals surface area contributed by atoms with Crippen molar-refractivity contribution in [2.75, 3.05) is 5.73 Å². The molecule has 41 heavy (non-hydrogen) atoms. The highest BCUT2D eigenvalue weighted by Crippen LogP contribution is 2.35. The molecule has 4 heteroatoms. The Labute approximate surface area is 256 Å². The third-order valence-electron chi connectivity index (χ3n) is 6.83. The van der Waals surface area contributed by atoms with Crippen LogP contribution in [0.4, 0.5) is 5.69 Å². The topological polar surface area (TPSA) is 26.0 Å². The number of fused-ring (bicyclic) bond motifs is 6. The van der Waals surface area contributed by atoms with Gasteiger partial charge < -0.3 is 5.73 Å². The maximum atomic E-state index is 5.36. The molecular formula is C37H28BrNS2. The first-order chi connectivity index (χ1) is 20.1. The van der Waals surface area contributed by atoms with Gasteiger partial charge in [0.2, 0.25) is 0 Å². The lowest BCUT2D eigenvalue weighted by Crippen LogP contribution is -1.86. The fourth-order valence-corrected chi connectivity index (χ4v) is 7.40. The van der Waals surface area contributed by atoms with E-state index < -0.39 is 0 Å². The predicted octanol–water partition coefficient (Wildman–Crippen LogP) is 11.7. The molecule has 2 aromatic heterocycles. The first kappa shape index (κ1) is 27.2. The minimum Gasteiger partial charge on any atom is -0.399 e. The Morgan fingerprint density at radius 3 is 1.51 bits per heavy atom. The maximum absolute atomic E-state index is 5.36. The van der Waals surface area contributed by atoms with E-state index in [1.807, 2.05) is 53.0 Å². The van der Waals surface area contributed by atoms with Crippen LogP contribution < -0.4 is 5.73 Å². The number of thiophene rings is 2. The van der Waals surface area contributed by atoms with E-state index in [4.69, 9.17) is 5.73 Å². The molecule has 0 atom stereocenters. The van der Waals surface area contributed by atoms with Crippen LogP contribution >= 0.6 is 38.6 Å². The van der Waals surface area contributed by atoms with E-state index in [1.54, 1.807) is 0 Å². The van der Waals surface area contributed by atoms with Crippen molar-refractivity contribution in [2.45, 2.75) is 6.42 Å². The normalized spacial score (nSPS) is 10.8. The lowest BCUT2D eigenvalue weighted by atomic mass is 10.0. The molecule has 0 radical (unpaired) electrons. The molecule has 8 aromatic rings. The second-order valence-corrected chi connectivity index (χ2v) is 12.8. The van der Waals surface area contributed by atoms with Gasteiger partial charge in [-0.15, -0.1) is 22.7 Å². The standard InChI is InChI=1S/C19H14S.C12H7BrS.C6H7N/c1-2-6-14(7-3-1)12-15-10-11-19-17(13-15)16-8-4-5-9-18(16)20-19;13-8-5-6-12-10(7-8)9-3-1-2-4-11(9)14-12;7-6-4-2-1-3-5-6/h1-11,13H,12H2;1-7H;1-5H,7H2. The summed E-state index contributed by atoms with van der Waals surface area (Å²) in [4.78, 5) is 0. The van der Waals surface area contributed by atoms with Crippen molar-refractivity contribution in [3.8, 4) is 0 Å². The molecule has 0 bridgehead atoms. The summed E-state index contributed by atoms with van der Waals surface area (Å²) in [7, 11) is 0. The number of rotatable bonds is 2. The van der Waals surface area contributed by atoms with Gasteiger partial charge in [-0.1, -0.05) is 107 Å². The maximum Gasteiger partial charge on any atom is 0.0356 e. The highest BCUT2D eigenvalue weighted by Gasteiger charge is 2.06. The molecule has 2 heterocycles.